The Kier molecular flexibility index (Phi) is 6.02. The lowest BCUT2D eigenvalue weighted by molar-refractivity contribution is 0.0594. The van der Waals surface area contributed by atoms with Gasteiger partial charge in [0.25, 0.3) is 0 Å². The van der Waals surface area contributed by atoms with Crippen molar-refractivity contribution in [3.8, 4) is 0 Å². The van der Waals surface area contributed by atoms with E-state index in [0.29, 0.717) is 22.4 Å². The van der Waals surface area contributed by atoms with Gasteiger partial charge in [-0.05, 0) is 63.7 Å². The first-order valence-corrected chi connectivity index (χ1v) is 7.48. The number of nitrogens with one attached hydrogen (secondary N) is 1. The maximum atomic E-state index is 12.1. The highest BCUT2D eigenvalue weighted by Gasteiger charge is 2.28. The molecule has 3 N–H and O–H groups in total. The largest absolute Gasteiger partial charge is 0.489 e. The van der Waals surface area contributed by atoms with Crippen LogP contribution in [0, 0.1) is 20.8 Å². The number of carbonyl (C=O) groups is 2. The predicted octanol–water partition coefficient (Wildman–Crippen LogP) is 1.43. The molecule has 8 heteroatoms. The molecule has 0 radical (unpaired) electrons. The van der Waals surface area contributed by atoms with Gasteiger partial charge in [-0.15, -0.1) is 0 Å². The molecule has 7 nitrogen and oxygen atoms in total. The number of ether oxygens (including phenoxy) is 2. The smallest absolute Gasteiger partial charge is 0.465 e. The van der Waals surface area contributed by atoms with E-state index in [1.165, 1.54) is 7.11 Å². The van der Waals surface area contributed by atoms with Gasteiger partial charge in [-0.25, -0.2) is 9.59 Å². The molecule has 0 aliphatic rings. The highest BCUT2D eigenvalue weighted by Crippen LogP contribution is 2.27. The van der Waals surface area contributed by atoms with Crippen molar-refractivity contribution in [3.05, 3.63) is 22.3 Å². The second-order valence-corrected chi connectivity index (χ2v) is 6.53. The van der Waals surface area contributed by atoms with Gasteiger partial charge in [-0.1, -0.05) is 0 Å². The van der Waals surface area contributed by atoms with Crippen molar-refractivity contribution < 1.29 is 29.1 Å². The van der Waals surface area contributed by atoms with Gasteiger partial charge in [0, 0.05) is 0 Å². The average Bonchev–Trinajstić information content (AvgIpc) is 2.40. The highest BCUT2D eigenvalue weighted by atomic mass is 16.6. The molecule has 0 spiro atoms. The summed E-state index contributed by atoms with van der Waals surface area (Å²) in [5, 5.41) is 21.9. The number of methoxy groups -OCH3 is 1. The summed E-state index contributed by atoms with van der Waals surface area (Å²) in [6, 6.07) is 0. The number of hydrogen-bond donors (Lipinski definition) is 3. The third-order valence-electron chi connectivity index (χ3n) is 3.58. The Labute approximate surface area is 142 Å². The average molecular weight is 337 g/mol. The lowest BCUT2D eigenvalue weighted by Gasteiger charge is -2.24. The molecule has 0 aliphatic heterocycles. The van der Waals surface area contributed by atoms with Gasteiger partial charge in [-0.3, -0.25) is 5.32 Å². The first-order chi connectivity index (χ1) is 10.9. The molecule has 132 valence electrons. The van der Waals surface area contributed by atoms with Crippen LogP contribution < -0.4 is 10.8 Å². The van der Waals surface area contributed by atoms with E-state index in [1.807, 2.05) is 0 Å². The number of benzene rings is 1. The second kappa shape index (κ2) is 7.23. The highest BCUT2D eigenvalue weighted by molar-refractivity contribution is 6.60. The summed E-state index contributed by atoms with van der Waals surface area (Å²) >= 11 is 0. The second-order valence-electron chi connectivity index (χ2n) is 6.53. The van der Waals surface area contributed by atoms with Gasteiger partial charge in [0.05, 0.1) is 18.4 Å². The lowest BCUT2D eigenvalue weighted by atomic mass is 9.71. The first-order valence-electron chi connectivity index (χ1n) is 7.48. The Balaban J connectivity index is 3.51. The Hall–Kier alpha value is -2.06. The van der Waals surface area contributed by atoms with Crippen molar-refractivity contribution in [3.63, 3.8) is 0 Å². The molecule has 0 saturated carbocycles. The van der Waals surface area contributed by atoms with E-state index in [1.54, 1.807) is 41.5 Å². The zero-order valence-electron chi connectivity index (χ0n) is 15.1. The summed E-state index contributed by atoms with van der Waals surface area (Å²) in [5.41, 5.74) is 1.22. The van der Waals surface area contributed by atoms with Crippen molar-refractivity contribution in [1.82, 2.24) is 0 Å². The van der Waals surface area contributed by atoms with Crippen LogP contribution in [0.1, 0.15) is 47.8 Å². The van der Waals surface area contributed by atoms with Crippen molar-refractivity contribution in [2.45, 2.75) is 47.1 Å². The minimum Gasteiger partial charge on any atom is -0.465 e. The summed E-state index contributed by atoms with van der Waals surface area (Å²) in [5.74, 6) is -0.626. The Morgan fingerprint density at radius 3 is 2.00 bits per heavy atom. The number of carbonyl (C=O) groups excluding carboxylic acids is 2. The fourth-order valence-electron chi connectivity index (χ4n) is 2.63. The Morgan fingerprint density at radius 2 is 1.58 bits per heavy atom. The van der Waals surface area contributed by atoms with Crippen LogP contribution in [0.2, 0.25) is 0 Å². The van der Waals surface area contributed by atoms with Crippen LogP contribution in [0.5, 0.6) is 0 Å². The Morgan fingerprint density at radius 1 is 1.04 bits per heavy atom. The molecule has 1 rings (SSSR count). The minimum absolute atomic E-state index is 0.145. The van der Waals surface area contributed by atoms with E-state index >= 15 is 0 Å². The molecule has 0 atom stereocenters. The molecule has 0 bridgehead atoms. The molecule has 0 aromatic heterocycles. The monoisotopic (exact) mass is 337 g/mol. The number of hydrogen-bond acceptors (Lipinski definition) is 6. The SMILES string of the molecule is COC(=O)c1c(C)c(NC(=O)OC(C)(C)C)c(C)c(B(O)O)c1C. The molecular formula is C16H24BNO6. The summed E-state index contributed by atoms with van der Waals surface area (Å²) in [6.45, 7) is 10.0. The standard InChI is InChI=1S/C16H24BNO6/c1-8-11(14(19)23-7)9(2)13(10(3)12(8)17(21)22)18-15(20)24-16(4,5)6/h21-22H,1-7H3,(H,18,20). The van der Waals surface area contributed by atoms with Crippen molar-refractivity contribution in [2.24, 2.45) is 0 Å². The molecule has 1 aromatic carbocycles. The lowest BCUT2D eigenvalue weighted by Crippen LogP contribution is -2.38. The van der Waals surface area contributed by atoms with Gasteiger partial charge >= 0.3 is 19.2 Å². The molecule has 1 aromatic rings. The zero-order valence-corrected chi connectivity index (χ0v) is 15.1. The van der Waals surface area contributed by atoms with Crippen LogP contribution in [0.3, 0.4) is 0 Å². The number of amides is 1. The number of esters is 1. The normalized spacial score (nSPS) is 11.0. The van der Waals surface area contributed by atoms with Gasteiger partial charge in [-0.2, -0.15) is 0 Å². The summed E-state index contributed by atoms with van der Waals surface area (Å²) in [6.07, 6.45) is -0.702. The number of anilines is 1. The molecule has 0 fully saturated rings. The van der Waals surface area contributed by atoms with Crippen LogP contribution in [0.25, 0.3) is 0 Å². The van der Waals surface area contributed by atoms with E-state index in [2.05, 4.69) is 5.32 Å². The van der Waals surface area contributed by atoms with Crippen molar-refractivity contribution in [2.75, 3.05) is 12.4 Å². The molecule has 0 heterocycles. The third kappa shape index (κ3) is 4.27. The predicted molar refractivity (Wildman–Crippen MR) is 91.7 cm³/mol. The van der Waals surface area contributed by atoms with Crippen LogP contribution >= 0.6 is 0 Å². The summed E-state index contributed by atoms with van der Waals surface area (Å²) in [7, 11) is -0.565. The van der Waals surface area contributed by atoms with E-state index in [9.17, 15) is 19.6 Å². The zero-order chi connectivity index (χ0) is 18.8. The maximum absolute atomic E-state index is 12.1. The summed E-state index contributed by atoms with van der Waals surface area (Å²) in [4.78, 5) is 24.2. The van der Waals surface area contributed by atoms with E-state index < -0.39 is 24.8 Å². The van der Waals surface area contributed by atoms with Crippen molar-refractivity contribution in [1.29, 1.82) is 0 Å². The fraction of sp³-hybridized carbons (Fsp3) is 0.500. The van der Waals surface area contributed by atoms with E-state index in [-0.39, 0.29) is 11.0 Å². The third-order valence-corrected chi connectivity index (χ3v) is 3.58. The van der Waals surface area contributed by atoms with Crippen LogP contribution in [0.15, 0.2) is 0 Å². The van der Waals surface area contributed by atoms with Gasteiger partial charge in [0.2, 0.25) is 0 Å². The summed E-state index contributed by atoms with van der Waals surface area (Å²) < 4.78 is 9.98. The Bertz CT molecular complexity index is 664. The molecule has 1 amide bonds. The van der Waals surface area contributed by atoms with Gasteiger partial charge < -0.3 is 19.5 Å². The minimum atomic E-state index is -1.80. The molecular weight excluding hydrogens is 313 g/mol. The van der Waals surface area contributed by atoms with E-state index in [4.69, 9.17) is 9.47 Å². The number of rotatable bonds is 3. The molecule has 0 saturated heterocycles. The van der Waals surface area contributed by atoms with Crippen LogP contribution in [-0.2, 0) is 9.47 Å². The molecule has 24 heavy (non-hydrogen) atoms. The van der Waals surface area contributed by atoms with Crippen LogP contribution in [-0.4, -0.2) is 41.9 Å². The molecule has 0 unspecified atom stereocenters. The fourth-order valence-corrected chi connectivity index (χ4v) is 2.63. The van der Waals surface area contributed by atoms with Crippen molar-refractivity contribution >= 4 is 30.3 Å². The van der Waals surface area contributed by atoms with Gasteiger partial charge in [0.1, 0.15) is 5.60 Å². The van der Waals surface area contributed by atoms with Gasteiger partial charge in [0.15, 0.2) is 0 Å². The van der Waals surface area contributed by atoms with E-state index in [0.717, 1.165) is 0 Å². The quantitative estimate of drug-likeness (QED) is 0.569. The van der Waals surface area contributed by atoms with Crippen LogP contribution in [0.4, 0.5) is 10.5 Å². The molecule has 0 aliphatic carbocycles. The maximum Gasteiger partial charge on any atom is 0.489 e. The topological polar surface area (TPSA) is 105 Å². The first kappa shape index (κ1) is 20.0.